The lowest BCUT2D eigenvalue weighted by molar-refractivity contribution is -0.384. The fourth-order valence-electron chi connectivity index (χ4n) is 2.89. The predicted molar refractivity (Wildman–Crippen MR) is 76.4 cm³/mol. The molecule has 0 aromatic heterocycles. The number of nitro benzene ring substituents is 1. The number of nitrogens with zero attached hydrogens (tertiary/aromatic N) is 3. The monoisotopic (exact) mass is 274 g/mol. The maximum atomic E-state index is 11.2. The minimum absolute atomic E-state index is 0.0170. The van der Waals surface area contributed by atoms with Crippen LogP contribution < -0.4 is 10.6 Å². The first-order valence-corrected chi connectivity index (χ1v) is 6.73. The number of hydrogen-bond donors (Lipinski definition) is 1. The molecule has 0 bridgehead atoms. The van der Waals surface area contributed by atoms with E-state index >= 15 is 0 Å². The highest BCUT2D eigenvalue weighted by Crippen LogP contribution is 2.35. The summed E-state index contributed by atoms with van der Waals surface area (Å²) in [5.41, 5.74) is 6.69. The van der Waals surface area contributed by atoms with Crippen molar-refractivity contribution in [2.45, 2.75) is 25.8 Å². The van der Waals surface area contributed by atoms with Crippen molar-refractivity contribution in [1.29, 1.82) is 5.26 Å². The molecule has 0 aliphatic carbocycles. The van der Waals surface area contributed by atoms with Crippen LogP contribution in [0.15, 0.2) is 18.2 Å². The maximum absolute atomic E-state index is 11.2. The minimum atomic E-state index is -0.428. The SMILES string of the molecule is CC1CCCN(c2ccc(C#N)cc2[N+](=O)[O-])C1CN. The lowest BCUT2D eigenvalue weighted by Crippen LogP contribution is -2.49. The van der Waals surface area contributed by atoms with E-state index in [-0.39, 0.29) is 11.7 Å². The van der Waals surface area contributed by atoms with Crippen molar-refractivity contribution in [2.75, 3.05) is 18.0 Å². The van der Waals surface area contributed by atoms with Gasteiger partial charge in [0, 0.05) is 25.2 Å². The van der Waals surface area contributed by atoms with Crippen molar-refractivity contribution in [2.24, 2.45) is 11.7 Å². The molecule has 0 saturated carbocycles. The molecule has 1 saturated heterocycles. The number of nitro groups is 1. The Morgan fingerprint density at radius 2 is 2.35 bits per heavy atom. The maximum Gasteiger partial charge on any atom is 0.293 e. The number of hydrogen-bond acceptors (Lipinski definition) is 5. The number of piperidine rings is 1. The molecule has 20 heavy (non-hydrogen) atoms. The zero-order valence-electron chi connectivity index (χ0n) is 11.5. The molecule has 0 amide bonds. The molecule has 1 aromatic rings. The molecule has 1 aromatic carbocycles. The Morgan fingerprint density at radius 1 is 1.60 bits per heavy atom. The molecule has 1 heterocycles. The number of nitriles is 1. The van der Waals surface area contributed by atoms with Gasteiger partial charge in [-0.25, -0.2) is 0 Å². The van der Waals surface area contributed by atoms with E-state index in [1.54, 1.807) is 12.1 Å². The Hall–Kier alpha value is -2.13. The van der Waals surface area contributed by atoms with E-state index in [1.807, 2.05) is 11.0 Å². The summed E-state index contributed by atoms with van der Waals surface area (Å²) in [5, 5.41) is 20.1. The Bertz CT molecular complexity index is 553. The van der Waals surface area contributed by atoms with E-state index in [4.69, 9.17) is 11.0 Å². The number of rotatable bonds is 3. The van der Waals surface area contributed by atoms with Gasteiger partial charge in [-0.2, -0.15) is 5.26 Å². The third-order valence-corrected chi connectivity index (χ3v) is 3.97. The highest BCUT2D eigenvalue weighted by molar-refractivity contribution is 5.66. The first kappa shape index (κ1) is 14.3. The van der Waals surface area contributed by atoms with Gasteiger partial charge in [0.1, 0.15) is 5.69 Å². The van der Waals surface area contributed by atoms with Gasteiger partial charge in [0.15, 0.2) is 0 Å². The Kier molecular flexibility index (Phi) is 4.20. The van der Waals surface area contributed by atoms with Gasteiger partial charge in [-0.1, -0.05) is 6.92 Å². The molecule has 2 N–H and O–H groups in total. The van der Waals surface area contributed by atoms with Crippen molar-refractivity contribution in [3.63, 3.8) is 0 Å². The van der Waals surface area contributed by atoms with E-state index in [0.717, 1.165) is 19.4 Å². The van der Waals surface area contributed by atoms with E-state index in [2.05, 4.69) is 6.92 Å². The third kappa shape index (κ3) is 2.58. The zero-order chi connectivity index (χ0) is 14.7. The van der Waals surface area contributed by atoms with Crippen molar-refractivity contribution in [3.05, 3.63) is 33.9 Å². The Labute approximate surface area is 117 Å². The van der Waals surface area contributed by atoms with Crippen molar-refractivity contribution < 1.29 is 4.92 Å². The smallest absolute Gasteiger partial charge is 0.293 e. The second-order valence-corrected chi connectivity index (χ2v) is 5.19. The van der Waals surface area contributed by atoms with Gasteiger partial charge < -0.3 is 10.6 Å². The molecule has 2 atom stereocenters. The van der Waals surface area contributed by atoms with E-state index in [9.17, 15) is 10.1 Å². The fraction of sp³-hybridized carbons (Fsp3) is 0.500. The first-order chi connectivity index (χ1) is 9.58. The largest absolute Gasteiger partial charge is 0.361 e. The zero-order valence-corrected chi connectivity index (χ0v) is 11.5. The van der Waals surface area contributed by atoms with Crippen LogP contribution in [0.4, 0.5) is 11.4 Å². The molecule has 6 heteroatoms. The Morgan fingerprint density at radius 3 is 2.95 bits per heavy atom. The van der Waals surface area contributed by atoms with Crippen LogP contribution in [0, 0.1) is 27.4 Å². The topological polar surface area (TPSA) is 96.2 Å². The number of anilines is 1. The molecule has 0 spiro atoms. The van der Waals surface area contributed by atoms with E-state index in [1.165, 1.54) is 6.07 Å². The summed E-state index contributed by atoms with van der Waals surface area (Å²) < 4.78 is 0. The van der Waals surface area contributed by atoms with Crippen molar-refractivity contribution in [1.82, 2.24) is 0 Å². The minimum Gasteiger partial charge on any atom is -0.361 e. The summed E-state index contributed by atoms with van der Waals surface area (Å²) in [7, 11) is 0. The van der Waals surface area contributed by atoms with E-state index in [0.29, 0.717) is 23.7 Å². The summed E-state index contributed by atoms with van der Waals surface area (Å²) in [6.45, 7) is 3.36. The average Bonchev–Trinajstić information content (AvgIpc) is 2.46. The molecule has 106 valence electrons. The fourth-order valence-corrected chi connectivity index (χ4v) is 2.89. The van der Waals surface area contributed by atoms with Crippen LogP contribution in [0.3, 0.4) is 0 Å². The molecule has 2 rings (SSSR count). The summed E-state index contributed by atoms with van der Waals surface area (Å²) in [4.78, 5) is 12.8. The lowest BCUT2D eigenvalue weighted by Gasteiger charge is -2.40. The number of benzene rings is 1. The van der Waals surface area contributed by atoms with Crippen LogP contribution in [-0.4, -0.2) is 24.1 Å². The second kappa shape index (κ2) is 5.88. The van der Waals surface area contributed by atoms with Gasteiger partial charge in [-0.15, -0.1) is 0 Å². The van der Waals surface area contributed by atoms with Gasteiger partial charge >= 0.3 is 0 Å². The normalized spacial score (nSPS) is 22.4. The van der Waals surface area contributed by atoms with Crippen LogP contribution in [0.25, 0.3) is 0 Å². The molecule has 2 unspecified atom stereocenters. The summed E-state index contributed by atoms with van der Waals surface area (Å²) in [6, 6.07) is 6.67. The van der Waals surface area contributed by atoms with Crippen LogP contribution in [-0.2, 0) is 0 Å². The lowest BCUT2D eigenvalue weighted by atomic mass is 9.90. The van der Waals surface area contributed by atoms with Gasteiger partial charge in [0.05, 0.1) is 16.6 Å². The Balaban J connectivity index is 2.45. The van der Waals surface area contributed by atoms with Crippen LogP contribution in [0.2, 0.25) is 0 Å². The van der Waals surface area contributed by atoms with Crippen LogP contribution in [0.1, 0.15) is 25.3 Å². The highest BCUT2D eigenvalue weighted by Gasteiger charge is 2.31. The molecular formula is C14H18N4O2. The van der Waals surface area contributed by atoms with Crippen LogP contribution in [0.5, 0.6) is 0 Å². The van der Waals surface area contributed by atoms with Gasteiger partial charge in [0.2, 0.25) is 0 Å². The average molecular weight is 274 g/mol. The molecule has 1 aliphatic rings. The third-order valence-electron chi connectivity index (χ3n) is 3.97. The van der Waals surface area contributed by atoms with Gasteiger partial charge in [-0.05, 0) is 30.9 Å². The molecule has 6 nitrogen and oxygen atoms in total. The van der Waals surface area contributed by atoms with Crippen LogP contribution >= 0.6 is 0 Å². The van der Waals surface area contributed by atoms with Crippen molar-refractivity contribution >= 4 is 11.4 Å². The highest BCUT2D eigenvalue weighted by atomic mass is 16.6. The van der Waals surface area contributed by atoms with Gasteiger partial charge in [0.25, 0.3) is 5.69 Å². The molecule has 1 fully saturated rings. The molecule has 1 aliphatic heterocycles. The molecule has 0 radical (unpaired) electrons. The quantitative estimate of drug-likeness (QED) is 0.672. The summed E-state index contributed by atoms with van der Waals surface area (Å²) >= 11 is 0. The number of nitrogens with two attached hydrogens (primary N) is 1. The summed E-state index contributed by atoms with van der Waals surface area (Å²) in [6.07, 6.45) is 2.08. The summed E-state index contributed by atoms with van der Waals surface area (Å²) in [5.74, 6) is 0.406. The standard InChI is InChI=1S/C14H18N4O2/c1-10-3-2-6-17(14(10)9-16)12-5-4-11(8-15)7-13(12)18(19)20/h4-5,7,10,14H,2-3,6,9,16H2,1H3. The first-order valence-electron chi connectivity index (χ1n) is 6.73. The molecular weight excluding hydrogens is 256 g/mol. The second-order valence-electron chi connectivity index (χ2n) is 5.19. The van der Waals surface area contributed by atoms with E-state index < -0.39 is 4.92 Å². The van der Waals surface area contributed by atoms with Gasteiger partial charge in [-0.3, -0.25) is 10.1 Å². The van der Waals surface area contributed by atoms with Crippen molar-refractivity contribution in [3.8, 4) is 6.07 Å². The predicted octanol–water partition coefficient (Wildman–Crippen LogP) is 2.03.